The van der Waals surface area contributed by atoms with Gasteiger partial charge >= 0.3 is 0 Å². The molecule has 5 rings (SSSR count). The first-order valence-corrected chi connectivity index (χ1v) is 11.2. The third-order valence-electron chi connectivity index (χ3n) is 6.16. The van der Waals surface area contributed by atoms with Crippen molar-refractivity contribution < 1.29 is 18.9 Å². The van der Waals surface area contributed by atoms with Gasteiger partial charge in [0, 0.05) is 31.4 Å². The normalized spacial score (nSPS) is 20.4. The van der Waals surface area contributed by atoms with E-state index in [-0.39, 0.29) is 30.7 Å². The molecule has 0 radical (unpaired) electrons. The number of aryl methyl sites for hydroxylation is 1. The second-order valence-electron chi connectivity index (χ2n) is 8.49. The molecule has 1 fully saturated rings. The van der Waals surface area contributed by atoms with E-state index >= 15 is 0 Å². The highest BCUT2D eigenvalue weighted by Gasteiger charge is 2.28. The quantitative estimate of drug-likeness (QED) is 0.403. The van der Waals surface area contributed by atoms with Gasteiger partial charge in [0.1, 0.15) is 29.7 Å². The lowest BCUT2D eigenvalue weighted by molar-refractivity contribution is 0.113. The standard InChI is InChI=1S/C22H25F4N9/c1-12-28-17-3-2-15(29-21(17)34(12)11-18(25)26)13-4-8-35-19(13)20(27)31-22(32-35)30-16-5-7-33(9-6-23)10-14(16)24/h2-4,8,14,16,18H,5-7,9-11H2,1H3,(H3,27,30,31,32)/t14-,16+/m1/s1/i8D. The molecule has 2 atom stereocenters. The highest BCUT2D eigenvalue weighted by molar-refractivity contribution is 5.88. The van der Waals surface area contributed by atoms with Crippen LogP contribution in [0.1, 0.15) is 13.6 Å². The van der Waals surface area contributed by atoms with Crippen LogP contribution in [0.15, 0.2) is 29.4 Å². The van der Waals surface area contributed by atoms with E-state index in [2.05, 4.69) is 25.0 Å². The maximum atomic E-state index is 14.6. The Morgan fingerprint density at radius 1 is 1.29 bits per heavy atom. The largest absolute Gasteiger partial charge is 0.382 e. The van der Waals surface area contributed by atoms with Crippen LogP contribution in [0.3, 0.4) is 0 Å². The minimum atomic E-state index is -2.57. The summed E-state index contributed by atoms with van der Waals surface area (Å²) in [5.41, 5.74) is 8.32. The minimum Gasteiger partial charge on any atom is -0.382 e. The van der Waals surface area contributed by atoms with Crippen molar-refractivity contribution >= 4 is 22.5 Å². The van der Waals surface area contributed by atoms with Gasteiger partial charge < -0.3 is 10.3 Å². The first-order valence-electron chi connectivity index (χ1n) is 11.7. The summed E-state index contributed by atoms with van der Waals surface area (Å²) >= 11 is 0. The molecule has 9 nitrogen and oxygen atoms in total. The van der Waals surface area contributed by atoms with Crippen molar-refractivity contribution in [3.8, 4) is 11.3 Å². The number of aromatic nitrogens is 6. The number of halogens is 4. The molecule has 0 unspecified atom stereocenters. The van der Waals surface area contributed by atoms with Crippen LogP contribution in [-0.4, -0.2) is 79.0 Å². The van der Waals surface area contributed by atoms with Gasteiger partial charge in [0.2, 0.25) is 5.62 Å². The molecule has 4 aromatic rings. The van der Waals surface area contributed by atoms with Crippen LogP contribution in [0.25, 0.3) is 27.9 Å². The number of hydrogen-bond acceptors (Lipinski definition) is 6. The molecule has 4 aromatic heterocycles. The molecule has 0 aromatic carbocycles. The summed E-state index contributed by atoms with van der Waals surface area (Å²) in [7, 11) is 0. The van der Waals surface area contributed by atoms with Crippen molar-refractivity contribution in [2.75, 3.05) is 32.0 Å². The molecule has 1 aliphatic heterocycles. The summed E-state index contributed by atoms with van der Waals surface area (Å²) in [6.45, 7) is 1.35. The van der Waals surface area contributed by atoms with Crippen LogP contribution in [0.4, 0.5) is 23.4 Å². The van der Waals surface area contributed by atoms with Crippen LogP contribution in [-0.2, 0) is 6.54 Å². The summed E-state index contributed by atoms with van der Waals surface area (Å²) < 4.78 is 64.5. The highest BCUT2D eigenvalue weighted by atomic mass is 19.3. The first kappa shape index (κ1) is 22.0. The Morgan fingerprint density at radius 2 is 2.11 bits per heavy atom. The zero-order chi connectivity index (χ0) is 25.6. The van der Waals surface area contributed by atoms with E-state index in [1.54, 1.807) is 24.0 Å². The molecule has 0 amide bonds. The number of nitrogens with zero attached hydrogens (tertiary/aromatic N) is 7. The number of anilines is 1. The number of piperidine rings is 1. The SMILES string of the molecule is [2H]c1cc(-c2ccc3nc(C)n(CC(F)F)c3n2)c2c(N)nc(=N[C@H]3CCN(CCF)C[C@H]3F)[nH]n12. The van der Waals surface area contributed by atoms with Crippen molar-refractivity contribution in [1.29, 1.82) is 0 Å². The van der Waals surface area contributed by atoms with Gasteiger partial charge in [-0.2, -0.15) is 4.98 Å². The molecular weight excluding hydrogens is 466 g/mol. The Kier molecular flexibility index (Phi) is 5.84. The first-order chi connectivity index (χ1) is 17.2. The summed E-state index contributed by atoms with van der Waals surface area (Å²) in [5.74, 6) is 0.464. The van der Waals surface area contributed by atoms with Crippen LogP contribution in [0.2, 0.25) is 0 Å². The number of alkyl halides is 4. The average molecular weight is 493 g/mol. The Bertz CT molecular complexity index is 1480. The van der Waals surface area contributed by atoms with E-state index in [1.807, 2.05) is 0 Å². The van der Waals surface area contributed by atoms with Crippen molar-refractivity contribution in [2.24, 2.45) is 4.99 Å². The van der Waals surface area contributed by atoms with E-state index in [1.165, 1.54) is 15.1 Å². The fourth-order valence-electron chi connectivity index (χ4n) is 4.47. The number of imidazole rings is 1. The van der Waals surface area contributed by atoms with E-state index in [0.29, 0.717) is 46.7 Å². The Balaban J connectivity index is 1.54. The van der Waals surface area contributed by atoms with Gasteiger partial charge in [0.25, 0.3) is 6.43 Å². The van der Waals surface area contributed by atoms with Crippen molar-refractivity contribution in [3.63, 3.8) is 0 Å². The number of hydrogen-bond donors (Lipinski definition) is 2. The number of aromatic amines is 1. The Labute approximate surface area is 198 Å². The number of pyridine rings is 1. The molecule has 0 bridgehead atoms. The van der Waals surface area contributed by atoms with Crippen LogP contribution in [0.5, 0.6) is 0 Å². The Hall–Kier alpha value is -3.48. The molecule has 0 saturated carbocycles. The zero-order valence-corrected chi connectivity index (χ0v) is 18.9. The molecule has 35 heavy (non-hydrogen) atoms. The average Bonchev–Trinajstić information content (AvgIpc) is 3.32. The molecule has 5 heterocycles. The smallest absolute Gasteiger partial charge is 0.256 e. The number of rotatable bonds is 6. The monoisotopic (exact) mass is 492 g/mol. The van der Waals surface area contributed by atoms with Gasteiger partial charge in [-0.05, 0) is 31.5 Å². The number of nitrogens with two attached hydrogens (primary N) is 1. The van der Waals surface area contributed by atoms with Gasteiger partial charge in [-0.3, -0.25) is 14.5 Å². The molecule has 1 saturated heterocycles. The van der Waals surface area contributed by atoms with E-state index in [4.69, 9.17) is 7.10 Å². The number of fused-ring (bicyclic) bond motifs is 2. The van der Waals surface area contributed by atoms with E-state index in [9.17, 15) is 17.6 Å². The molecule has 1 aliphatic rings. The van der Waals surface area contributed by atoms with Crippen molar-refractivity contribution in [2.45, 2.75) is 38.5 Å². The summed E-state index contributed by atoms with van der Waals surface area (Å²) in [6, 6.07) is 4.20. The number of likely N-dealkylation sites (tertiary alicyclic amines) is 1. The fourth-order valence-corrected chi connectivity index (χ4v) is 4.47. The summed E-state index contributed by atoms with van der Waals surface area (Å²) in [6.07, 6.45) is -3.43. The van der Waals surface area contributed by atoms with Crippen LogP contribution in [0, 0.1) is 6.92 Å². The predicted octanol–water partition coefficient (Wildman–Crippen LogP) is 2.51. The molecule has 0 spiro atoms. The van der Waals surface area contributed by atoms with Crippen LogP contribution < -0.4 is 11.4 Å². The number of nitrogens with one attached hydrogen (secondary N) is 1. The molecule has 3 N–H and O–H groups in total. The van der Waals surface area contributed by atoms with Gasteiger partial charge in [-0.1, -0.05) is 0 Å². The van der Waals surface area contributed by atoms with Crippen LogP contribution >= 0.6 is 0 Å². The predicted molar refractivity (Wildman–Crippen MR) is 122 cm³/mol. The summed E-state index contributed by atoms with van der Waals surface area (Å²) in [5, 5.41) is 2.90. The minimum absolute atomic E-state index is 0.0271. The molecule has 13 heteroatoms. The van der Waals surface area contributed by atoms with Gasteiger partial charge in [-0.15, -0.1) is 0 Å². The maximum absolute atomic E-state index is 14.6. The van der Waals surface area contributed by atoms with E-state index in [0.717, 1.165) is 0 Å². The second kappa shape index (κ2) is 9.29. The third kappa shape index (κ3) is 4.47. The van der Waals surface area contributed by atoms with Crippen molar-refractivity contribution in [1.82, 2.24) is 34.0 Å². The van der Waals surface area contributed by atoms with Gasteiger partial charge in [0.05, 0.1) is 19.7 Å². The lowest BCUT2D eigenvalue weighted by Crippen LogP contribution is -2.45. The maximum Gasteiger partial charge on any atom is 0.256 e. The number of H-pyrrole nitrogens is 1. The lowest BCUT2D eigenvalue weighted by Gasteiger charge is -2.31. The molecule has 186 valence electrons. The lowest BCUT2D eigenvalue weighted by atomic mass is 10.0. The molecular formula is C22H25F4N9. The van der Waals surface area contributed by atoms with Crippen molar-refractivity contribution in [3.05, 3.63) is 35.8 Å². The Morgan fingerprint density at radius 3 is 2.86 bits per heavy atom. The topological polar surface area (TPSA) is 105 Å². The highest BCUT2D eigenvalue weighted by Crippen LogP contribution is 2.28. The molecule has 0 aliphatic carbocycles. The number of nitrogen functional groups attached to an aromatic ring is 1. The van der Waals surface area contributed by atoms with E-state index < -0.39 is 31.9 Å². The fraction of sp³-hybridized carbons (Fsp3) is 0.455. The second-order valence-corrected chi connectivity index (χ2v) is 8.49. The van der Waals surface area contributed by atoms with Gasteiger partial charge in [0.15, 0.2) is 11.5 Å². The summed E-state index contributed by atoms with van der Waals surface area (Å²) in [4.78, 5) is 19.2. The zero-order valence-electron chi connectivity index (χ0n) is 19.9. The third-order valence-corrected chi connectivity index (χ3v) is 6.16. The van der Waals surface area contributed by atoms with Gasteiger partial charge in [-0.25, -0.2) is 32.5 Å².